The van der Waals surface area contributed by atoms with Gasteiger partial charge in [0.05, 0.1) is 10.4 Å². The van der Waals surface area contributed by atoms with Crippen molar-refractivity contribution in [3.63, 3.8) is 0 Å². The van der Waals surface area contributed by atoms with Crippen LogP contribution in [-0.4, -0.2) is 4.98 Å². The molecule has 0 saturated carbocycles. The van der Waals surface area contributed by atoms with Gasteiger partial charge in [0.1, 0.15) is 0 Å². The molecule has 168 valence electrons. The molecule has 0 spiro atoms. The Labute approximate surface area is 201 Å². The van der Waals surface area contributed by atoms with Gasteiger partial charge in [-0.1, -0.05) is 70.5 Å². The number of aryl methyl sites for hydroxylation is 2. The monoisotopic (exact) mass is 451 g/mol. The van der Waals surface area contributed by atoms with Crippen LogP contribution in [0.4, 0.5) is 0 Å². The summed E-state index contributed by atoms with van der Waals surface area (Å²) in [5, 5.41) is 5.40. The Morgan fingerprint density at radius 3 is 2.39 bits per heavy atom. The molecule has 5 rings (SSSR count). The lowest BCUT2D eigenvalue weighted by Crippen LogP contribution is -2.08. The zero-order chi connectivity index (χ0) is 23.5. The van der Waals surface area contributed by atoms with E-state index in [-0.39, 0.29) is 5.41 Å². The summed E-state index contributed by atoms with van der Waals surface area (Å²) in [6.45, 7) is 16.0. The average Bonchev–Trinajstić information content (AvgIpc) is 3.11. The second-order valence-electron chi connectivity index (χ2n) is 11.1. The normalized spacial score (nSPS) is 12.5. The van der Waals surface area contributed by atoms with Gasteiger partial charge < -0.3 is 0 Å². The van der Waals surface area contributed by atoms with Gasteiger partial charge in [0.2, 0.25) is 0 Å². The fourth-order valence-corrected chi connectivity index (χ4v) is 6.57. The van der Waals surface area contributed by atoms with Gasteiger partial charge in [0.25, 0.3) is 0 Å². The van der Waals surface area contributed by atoms with E-state index in [1.54, 1.807) is 0 Å². The van der Waals surface area contributed by atoms with Crippen molar-refractivity contribution in [2.45, 2.75) is 60.8 Å². The molecular weight excluding hydrogens is 418 g/mol. The van der Waals surface area contributed by atoms with Crippen molar-refractivity contribution >= 4 is 42.3 Å². The lowest BCUT2D eigenvalue weighted by molar-refractivity contribution is 0.413. The third kappa shape index (κ3) is 3.95. The topological polar surface area (TPSA) is 12.9 Å². The van der Waals surface area contributed by atoms with Crippen molar-refractivity contribution in [2.75, 3.05) is 0 Å². The highest BCUT2D eigenvalue weighted by Crippen LogP contribution is 2.43. The van der Waals surface area contributed by atoms with Gasteiger partial charge in [-0.05, 0) is 77.3 Å². The minimum Gasteiger partial charge on any atom is -0.255 e. The molecule has 3 aromatic carbocycles. The number of thiophene rings is 1. The molecule has 0 radical (unpaired) electrons. The van der Waals surface area contributed by atoms with Crippen molar-refractivity contribution in [3.8, 4) is 11.3 Å². The Kier molecular flexibility index (Phi) is 5.33. The maximum Gasteiger partial charge on any atom is 0.0880 e. The van der Waals surface area contributed by atoms with Crippen LogP contribution in [0.1, 0.15) is 62.8 Å². The summed E-state index contributed by atoms with van der Waals surface area (Å²) in [5.74, 6) is 0.453. The summed E-state index contributed by atoms with van der Waals surface area (Å²) in [5.41, 5.74) is 8.12. The second kappa shape index (κ2) is 7.95. The largest absolute Gasteiger partial charge is 0.255 e. The molecule has 0 amide bonds. The van der Waals surface area contributed by atoms with Gasteiger partial charge in [0.15, 0.2) is 0 Å². The second-order valence-corrected chi connectivity index (χ2v) is 12.1. The summed E-state index contributed by atoms with van der Waals surface area (Å²) in [4.78, 5) is 4.94. The van der Waals surface area contributed by atoms with Gasteiger partial charge in [0, 0.05) is 27.2 Å². The molecule has 5 aromatic rings. The highest BCUT2D eigenvalue weighted by Gasteiger charge is 2.19. The minimum absolute atomic E-state index is 0.256. The number of aromatic nitrogens is 1. The zero-order valence-electron chi connectivity index (χ0n) is 20.8. The van der Waals surface area contributed by atoms with E-state index in [0.29, 0.717) is 5.92 Å². The maximum atomic E-state index is 4.94. The number of rotatable bonds is 3. The Morgan fingerprint density at radius 1 is 0.909 bits per heavy atom. The summed E-state index contributed by atoms with van der Waals surface area (Å²) in [7, 11) is 0. The molecule has 2 heterocycles. The SMILES string of the molecule is Cc1cc(C)c2c(C(C)C)cc(-c3nccc4c3sc3c(CC(C)(C)C)cccc34)cc2c1. The van der Waals surface area contributed by atoms with Crippen molar-refractivity contribution in [1.29, 1.82) is 0 Å². The molecular formula is C31H33NS. The molecule has 0 aliphatic heterocycles. The fourth-order valence-electron chi connectivity index (χ4n) is 5.25. The number of fused-ring (bicyclic) bond motifs is 4. The van der Waals surface area contributed by atoms with Crippen molar-refractivity contribution in [2.24, 2.45) is 5.41 Å². The Hall–Kier alpha value is -2.71. The highest BCUT2D eigenvalue weighted by molar-refractivity contribution is 7.26. The Morgan fingerprint density at radius 2 is 1.67 bits per heavy atom. The summed E-state index contributed by atoms with van der Waals surface area (Å²) >= 11 is 1.91. The summed E-state index contributed by atoms with van der Waals surface area (Å²) in [6.07, 6.45) is 3.06. The van der Waals surface area contributed by atoms with Gasteiger partial charge in [-0.2, -0.15) is 0 Å². The maximum absolute atomic E-state index is 4.94. The molecule has 0 unspecified atom stereocenters. The summed E-state index contributed by atoms with van der Waals surface area (Å²) in [6, 6.07) is 18.3. The van der Waals surface area contributed by atoms with Crippen LogP contribution in [0.25, 0.3) is 42.2 Å². The molecule has 0 saturated heterocycles. The van der Waals surface area contributed by atoms with E-state index >= 15 is 0 Å². The first-order valence-corrected chi connectivity index (χ1v) is 12.8. The van der Waals surface area contributed by atoms with Crippen LogP contribution >= 0.6 is 11.3 Å². The molecule has 0 N–H and O–H groups in total. The number of nitrogens with zero attached hydrogens (tertiary/aromatic N) is 1. The smallest absolute Gasteiger partial charge is 0.0880 e. The van der Waals surface area contributed by atoms with E-state index in [1.165, 1.54) is 58.8 Å². The van der Waals surface area contributed by atoms with E-state index in [1.807, 2.05) is 17.5 Å². The summed E-state index contributed by atoms with van der Waals surface area (Å²) < 4.78 is 2.71. The minimum atomic E-state index is 0.256. The zero-order valence-corrected chi connectivity index (χ0v) is 21.7. The molecule has 0 atom stereocenters. The van der Waals surface area contributed by atoms with E-state index in [4.69, 9.17) is 4.98 Å². The van der Waals surface area contributed by atoms with Gasteiger partial charge in [-0.25, -0.2) is 0 Å². The highest BCUT2D eigenvalue weighted by atomic mass is 32.1. The molecule has 2 heteroatoms. The molecule has 0 aliphatic carbocycles. The molecule has 0 fully saturated rings. The van der Waals surface area contributed by atoms with Gasteiger partial charge in [-0.3, -0.25) is 4.98 Å². The first kappa shape index (κ1) is 22.1. The fraction of sp³-hybridized carbons (Fsp3) is 0.323. The van der Waals surface area contributed by atoms with E-state index < -0.39 is 0 Å². The lowest BCUT2D eigenvalue weighted by Gasteiger charge is -2.18. The first-order valence-electron chi connectivity index (χ1n) is 12.0. The van der Waals surface area contributed by atoms with Crippen molar-refractivity contribution in [1.82, 2.24) is 4.98 Å². The number of benzene rings is 3. The molecule has 0 bridgehead atoms. The van der Waals surface area contributed by atoms with Gasteiger partial charge in [-0.15, -0.1) is 11.3 Å². The number of pyridine rings is 1. The van der Waals surface area contributed by atoms with Crippen molar-refractivity contribution in [3.05, 3.63) is 77.0 Å². The molecule has 2 aromatic heterocycles. The van der Waals surface area contributed by atoms with Crippen LogP contribution in [0.3, 0.4) is 0 Å². The quantitative estimate of drug-likeness (QED) is 0.266. The standard InChI is InChI=1S/C31H33NS/c1-18(2)26-16-23(15-22-14-19(3)13-20(4)27(22)26)28-30-25(11-12-32-28)24-10-8-9-21(29(24)33-30)17-31(5,6)7/h8-16,18H,17H2,1-7H3. The molecule has 1 nitrogen and oxygen atoms in total. The van der Waals surface area contributed by atoms with E-state index in [2.05, 4.69) is 97.0 Å². The van der Waals surface area contributed by atoms with Crippen LogP contribution in [0, 0.1) is 19.3 Å². The van der Waals surface area contributed by atoms with Crippen LogP contribution in [0.2, 0.25) is 0 Å². The third-order valence-corrected chi connectivity index (χ3v) is 7.84. The van der Waals surface area contributed by atoms with E-state index in [0.717, 1.165) is 12.1 Å². The first-order chi connectivity index (χ1) is 15.6. The Balaban J connectivity index is 1.80. The average molecular weight is 452 g/mol. The van der Waals surface area contributed by atoms with Crippen LogP contribution in [0.15, 0.2) is 54.7 Å². The van der Waals surface area contributed by atoms with Gasteiger partial charge >= 0.3 is 0 Å². The number of hydrogen-bond acceptors (Lipinski definition) is 2. The van der Waals surface area contributed by atoms with Crippen molar-refractivity contribution < 1.29 is 0 Å². The number of hydrogen-bond donors (Lipinski definition) is 0. The van der Waals surface area contributed by atoms with E-state index in [9.17, 15) is 0 Å². The lowest BCUT2D eigenvalue weighted by atomic mass is 9.87. The van der Waals surface area contributed by atoms with Crippen LogP contribution in [0.5, 0.6) is 0 Å². The molecule has 33 heavy (non-hydrogen) atoms. The predicted octanol–water partition coefficient (Wildman–Crippen LogP) is 9.60. The molecule has 0 aliphatic rings. The Bertz CT molecular complexity index is 1510. The third-order valence-electron chi connectivity index (χ3n) is 6.53. The van der Waals surface area contributed by atoms with Crippen LogP contribution in [-0.2, 0) is 6.42 Å². The van der Waals surface area contributed by atoms with Crippen LogP contribution < -0.4 is 0 Å². The predicted molar refractivity (Wildman–Crippen MR) is 147 cm³/mol.